The van der Waals surface area contributed by atoms with E-state index in [2.05, 4.69) is 18.9 Å². The van der Waals surface area contributed by atoms with Crippen LogP contribution in [0.2, 0.25) is 0 Å². The molecule has 1 aromatic rings. The van der Waals surface area contributed by atoms with E-state index in [4.69, 9.17) is 5.73 Å². The van der Waals surface area contributed by atoms with E-state index in [9.17, 15) is 8.42 Å². The highest BCUT2D eigenvalue weighted by molar-refractivity contribution is 7.89. The van der Waals surface area contributed by atoms with Gasteiger partial charge in [0.2, 0.25) is 10.0 Å². The molecule has 120 valence electrons. The van der Waals surface area contributed by atoms with E-state index in [1.165, 1.54) is 0 Å². The van der Waals surface area contributed by atoms with Crippen LogP contribution in [0.4, 0.5) is 5.82 Å². The molecule has 2 N–H and O–H groups in total. The first kappa shape index (κ1) is 16.3. The summed E-state index contributed by atoms with van der Waals surface area (Å²) < 4.78 is 29.0. The lowest BCUT2D eigenvalue weighted by molar-refractivity contribution is 0.373. The van der Waals surface area contributed by atoms with Gasteiger partial charge in [-0.1, -0.05) is 20.8 Å². The minimum absolute atomic E-state index is 0.110. The summed E-state index contributed by atoms with van der Waals surface area (Å²) in [7, 11) is -3.54. The predicted molar refractivity (Wildman–Crippen MR) is 83.3 cm³/mol. The van der Waals surface area contributed by atoms with E-state index < -0.39 is 10.0 Å². The molecule has 1 aromatic heterocycles. The van der Waals surface area contributed by atoms with E-state index >= 15 is 0 Å². The number of aromatic nitrogens is 2. The maximum atomic E-state index is 12.9. The van der Waals surface area contributed by atoms with Crippen molar-refractivity contribution in [3.8, 4) is 0 Å². The quantitative estimate of drug-likeness (QED) is 0.796. The number of rotatable bonds is 8. The third kappa shape index (κ3) is 3.77. The molecule has 2 rings (SSSR count). The molecule has 0 aromatic carbocycles. The number of hydrogen-bond acceptors (Lipinski definition) is 4. The van der Waals surface area contributed by atoms with Gasteiger partial charge in [-0.15, -0.1) is 0 Å². The highest BCUT2D eigenvalue weighted by atomic mass is 32.2. The fourth-order valence-electron chi connectivity index (χ4n) is 2.33. The number of sulfonamides is 1. The minimum Gasteiger partial charge on any atom is -0.381 e. The van der Waals surface area contributed by atoms with Crippen LogP contribution < -0.4 is 5.73 Å². The summed E-state index contributed by atoms with van der Waals surface area (Å²) in [6.07, 6.45) is 5.21. The summed E-state index contributed by atoms with van der Waals surface area (Å²) in [6, 6.07) is 0.141. The van der Waals surface area contributed by atoms with Crippen molar-refractivity contribution in [2.24, 2.45) is 5.92 Å². The normalized spacial score (nSPS) is 16.0. The van der Waals surface area contributed by atoms with Gasteiger partial charge in [-0.2, -0.15) is 9.40 Å². The van der Waals surface area contributed by atoms with Gasteiger partial charge in [0.1, 0.15) is 4.90 Å². The smallest absolute Gasteiger partial charge is 0.248 e. The molecule has 21 heavy (non-hydrogen) atoms. The Balaban J connectivity index is 2.25. The zero-order valence-corrected chi connectivity index (χ0v) is 13.9. The molecule has 1 aliphatic carbocycles. The Bertz CT molecular complexity index is 576. The van der Waals surface area contributed by atoms with E-state index in [-0.39, 0.29) is 16.8 Å². The van der Waals surface area contributed by atoms with Crippen LogP contribution in [0.1, 0.15) is 46.5 Å². The third-order valence-corrected chi connectivity index (χ3v) is 5.64. The molecule has 1 aliphatic rings. The Labute approximate surface area is 127 Å². The molecular weight excluding hydrogens is 288 g/mol. The SMILES string of the molecule is CCCn1cc(S(=O)(=O)N(CCC(C)C)C2CC2)c(N)n1. The van der Waals surface area contributed by atoms with Crippen LogP contribution in [0.25, 0.3) is 0 Å². The van der Waals surface area contributed by atoms with Gasteiger partial charge >= 0.3 is 0 Å². The highest BCUT2D eigenvalue weighted by Gasteiger charge is 2.39. The number of hydrogen-bond donors (Lipinski definition) is 1. The Kier molecular flexibility index (Phi) is 4.93. The van der Waals surface area contributed by atoms with E-state index in [1.54, 1.807) is 15.2 Å². The lowest BCUT2D eigenvalue weighted by Crippen LogP contribution is -2.34. The number of nitrogens with two attached hydrogens (primary N) is 1. The molecule has 1 saturated carbocycles. The summed E-state index contributed by atoms with van der Waals surface area (Å²) in [4.78, 5) is 0.159. The summed E-state index contributed by atoms with van der Waals surface area (Å²) in [6.45, 7) is 7.46. The molecule has 6 nitrogen and oxygen atoms in total. The van der Waals surface area contributed by atoms with Crippen molar-refractivity contribution in [3.05, 3.63) is 6.20 Å². The summed E-state index contributed by atoms with van der Waals surface area (Å²) in [5, 5.41) is 4.11. The van der Waals surface area contributed by atoms with Crippen molar-refractivity contribution >= 4 is 15.8 Å². The number of aryl methyl sites for hydroxylation is 1. The molecule has 0 radical (unpaired) electrons. The second kappa shape index (κ2) is 6.36. The predicted octanol–water partition coefficient (Wildman–Crippen LogP) is 2.07. The zero-order chi connectivity index (χ0) is 15.6. The van der Waals surface area contributed by atoms with Crippen LogP contribution in [0.5, 0.6) is 0 Å². The van der Waals surface area contributed by atoms with Gasteiger partial charge in [0.05, 0.1) is 0 Å². The van der Waals surface area contributed by atoms with E-state index in [1.807, 2.05) is 6.92 Å². The monoisotopic (exact) mass is 314 g/mol. The second-order valence-corrected chi connectivity index (χ2v) is 8.03. The van der Waals surface area contributed by atoms with Crippen LogP contribution in [0, 0.1) is 5.92 Å². The summed E-state index contributed by atoms with van der Waals surface area (Å²) in [5.74, 6) is 0.584. The largest absolute Gasteiger partial charge is 0.381 e. The van der Waals surface area contributed by atoms with Gasteiger partial charge in [-0.3, -0.25) is 4.68 Å². The molecule has 0 aliphatic heterocycles. The highest BCUT2D eigenvalue weighted by Crippen LogP contribution is 2.33. The molecule has 7 heteroatoms. The molecule has 0 spiro atoms. The van der Waals surface area contributed by atoms with Crippen LogP contribution in [-0.2, 0) is 16.6 Å². The molecular formula is C14H26N4O2S. The van der Waals surface area contributed by atoms with Gasteiger partial charge in [-0.05, 0) is 31.6 Å². The molecule has 0 unspecified atom stereocenters. The Morgan fingerprint density at radius 3 is 2.67 bits per heavy atom. The van der Waals surface area contributed by atoms with Gasteiger partial charge in [-0.25, -0.2) is 8.42 Å². The lowest BCUT2D eigenvalue weighted by Gasteiger charge is -2.22. The average Bonchev–Trinajstić information content (AvgIpc) is 3.13. The topological polar surface area (TPSA) is 81.2 Å². The lowest BCUT2D eigenvalue weighted by atomic mass is 10.1. The second-order valence-electron chi connectivity index (χ2n) is 6.17. The Morgan fingerprint density at radius 2 is 2.14 bits per heavy atom. The molecule has 1 fully saturated rings. The number of nitrogens with zero attached hydrogens (tertiary/aromatic N) is 3. The van der Waals surface area contributed by atoms with Crippen LogP contribution in [-0.4, -0.2) is 35.1 Å². The van der Waals surface area contributed by atoms with Crippen molar-refractivity contribution in [1.29, 1.82) is 0 Å². The number of anilines is 1. The standard InChI is InChI=1S/C14H26N4O2S/c1-4-8-17-10-13(14(15)16-17)21(19,20)18(12-5-6-12)9-7-11(2)3/h10-12H,4-9H2,1-3H3,(H2,15,16). The first-order valence-corrected chi connectivity index (χ1v) is 9.15. The fraction of sp³-hybridized carbons (Fsp3) is 0.786. The third-order valence-electron chi connectivity index (χ3n) is 3.68. The van der Waals surface area contributed by atoms with Crippen molar-refractivity contribution in [1.82, 2.24) is 14.1 Å². The van der Waals surface area contributed by atoms with E-state index in [0.29, 0.717) is 19.0 Å². The Hall–Kier alpha value is -1.08. The van der Waals surface area contributed by atoms with Crippen LogP contribution >= 0.6 is 0 Å². The first-order valence-electron chi connectivity index (χ1n) is 7.71. The van der Waals surface area contributed by atoms with Crippen molar-refractivity contribution in [2.75, 3.05) is 12.3 Å². The van der Waals surface area contributed by atoms with Crippen molar-refractivity contribution in [3.63, 3.8) is 0 Å². The van der Waals surface area contributed by atoms with Gasteiger partial charge in [0.25, 0.3) is 0 Å². The first-order chi connectivity index (χ1) is 9.86. The van der Waals surface area contributed by atoms with Crippen LogP contribution in [0.15, 0.2) is 11.1 Å². The van der Waals surface area contributed by atoms with Gasteiger partial charge in [0.15, 0.2) is 5.82 Å². The van der Waals surface area contributed by atoms with Gasteiger partial charge < -0.3 is 5.73 Å². The summed E-state index contributed by atoms with van der Waals surface area (Å²) in [5.41, 5.74) is 5.83. The van der Waals surface area contributed by atoms with Crippen molar-refractivity contribution < 1.29 is 8.42 Å². The van der Waals surface area contributed by atoms with Gasteiger partial charge in [0, 0.05) is 25.3 Å². The van der Waals surface area contributed by atoms with Crippen molar-refractivity contribution in [2.45, 2.75) is 63.9 Å². The molecule has 0 atom stereocenters. The number of nitrogen functional groups attached to an aromatic ring is 1. The molecule has 0 saturated heterocycles. The summed E-state index contributed by atoms with van der Waals surface area (Å²) >= 11 is 0. The maximum absolute atomic E-state index is 12.9. The minimum atomic E-state index is -3.54. The Morgan fingerprint density at radius 1 is 1.48 bits per heavy atom. The van der Waals surface area contributed by atoms with Crippen LogP contribution in [0.3, 0.4) is 0 Å². The molecule has 1 heterocycles. The molecule has 0 bridgehead atoms. The maximum Gasteiger partial charge on any atom is 0.248 e. The fourth-order valence-corrected chi connectivity index (χ4v) is 4.10. The van der Waals surface area contributed by atoms with E-state index in [0.717, 1.165) is 25.7 Å². The average molecular weight is 314 g/mol. The molecule has 0 amide bonds. The zero-order valence-electron chi connectivity index (χ0n) is 13.1.